The normalized spacial score (nSPS) is 51.1. The highest BCUT2D eigenvalue weighted by molar-refractivity contribution is 5.66. The Morgan fingerprint density at radius 1 is 0.917 bits per heavy atom. The minimum absolute atomic E-state index is 0.0121. The van der Waals surface area contributed by atoms with Crippen molar-refractivity contribution >= 4 is 5.97 Å². The molecule has 5 aliphatic carbocycles. The van der Waals surface area contributed by atoms with Gasteiger partial charge in [-0.05, 0) is 96.7 Å². The maximum atomic E-state index is 11.9. The Balaban J connectivity index is 1.60. The molecule has 0 heterocycles. The Morgan fingerprint density at radius 2 is 1.58 bits per heavy atom. The van der Waals surface area contributed by atoms with Gasteiger partial charge in [-0.25, -0.2) is 4.89 Å². The number of hydrogen-bond acceptors (Lipinski definition) is 4. The van der Waals surface area contributed by atoms with Crippen molar-refractivity contribution in [3.8, 4) is 0 Å². The number of rotatable bonds is 2. The van der Waals surface area contributed by atoms with Gasteiger partial charge < -0.3 is 4.74 Å². The summed E-state index contributed by atoms with van der Waals surface area (Å²) < 4.78 is 5.88. The van der Waals surface area contributed by atoms with Crippen molar-refractivity contribution in [3.05, 3.63) is 11.6 Å². The van der Waals surface area contributed by atoms with Crippen LogP contribution in [0.5, 0.6) is 0 Å². The molecule has 0 saturated heterocycles. The van der Waals surface area contributed by atoms with Gasteiger partial charge in [0, 0.05) is 18.3 Å². The molecule has 36 heavy (non-hydrogen) atoms. The van der Waals surface area contributed by atoms with E-state index in [4.69, 9.17) is 9.62 Å². The molecule has 0 aliphatic heterocycles. The zero-order valence-corrected chi connectivity index (χ0v) is 24.5. The van der Waals surface area contributed by atoms with Gasteiger partial charge in [-0.1, -0.05) is 67.0 Å². The van der Waals surface area contributed by atoms with Crippen molar-refractivity contribution in [1.82, 2.24) is 0 Å². The van der Waals surface area contributed by atoms with Crippen LogP contribution < -0.4 is 0 Å². The third-order valence-electron chi connectivity index (χ3n) is 13.4. The molecule has 9 atom stereocenters. The molecule has 4 fully saturated rings. The molecule has 0 amide bonds. The summed E-state index contributed by atoms with van der Waals surface area (Å²) in [7, 11) is 0. The molecule has 0 spiro atoms. The molecule has 0 aromatic heterocycles. The summed E-state index contributed by atoms with van der Waals surface area (Å²) in [5.74, 6) is 1.05. The van der Waals surface area contributed by atoms with Crippen molar-refractivity contribution in [2.24, 2.45) is 50.2 Å². The molecule has 0 aromatic rings. The third-order valence-corrected chi connectivity index (χ3v) is 13.4. The van der Waals surface area contributed by atoms with E-state index in [1.54, 1.807) is 5.57 Å². The van der Waals surface area contributed by atoms with Crippen LogP contribution in [-0.2, 0) is 14.4 Å². The lowest BCUT2D eigenvalue weighted by atomic mass is 9.33. The molecule has 0 aromatic carbocycles. The smallest absolute Gasteiger partial charge is 0.302 e. The molecule has 5 rings (SSSR count). The minimum atomic E-state index is -0.278. The quantitative estimate of drug-likeness (QED) is 0.180. The molecular weight excluding hydrogens is 448 g/mol. The van der Waals surface area contributed by atoms with Gasteiger partial charge in [-0.15, -0.1) is 0 Å². The minimum Gasteiger partial charge on any atom is -0.462 e. The van der Waals surface area contributed by atoms with Crippen LogP contribution in [0.2, 0.25) is 0 Å². The molecule has 4 nitrogen and oxygen atoms in total. The summed E-state index contributed by atoms with van der Waals surface area (Å²) in [4.78, 5) is 17.4. The molecule has 204 valence electrons. The number of esters is 1. The summed E-state index contributed by atoms with van der Waals surface area (Å²) in [5.41, 5.74) is 2.39. The molecule has 1 N–H and O–H groups in total. The van der Waals surface area contributed by atoms with Crippen molar-refractivity contribution in [2.45, 2.75) is 132 Å². The number of carbonyl (C=O) groups excluding carboxylic acids is 1. The number of allylic oxidation sites excluding steroid dienone is 1. The Bertz CT molecular complexity index is 950. The van der Waals surface area contributed by atoms with Gasteiger partial charge in [0.15, 0.2) is 0 Å². The summed E-state index contributed by atoms with van der Waals surface area (Å²) in [6.07, 6.45) is 12.6. The van der Waals surface area contributed by atoms with Gasteiger partial charge in [0.1, 0.15) is 12.2 Å². The van der Waals surface area contributed by atoms with E-state index in [1.165, 1.54) is 39.0 Å². The summed E-state index contributed by atoms with van der Waals surface area (Å²) in [6, 6.07) is 0. The molecule has 0 radical (unpaired) electrons. The predicted octanol–water partition coefficient (Wildman–Crippen LogP) is 8.21. The highest BCUT2D eigenvalue weighted by atomic mass is 17.1. The van der Waals surface area contributed by atoms with Gasteiger partial charge in [-0.3, -0.25) is 10.1 Å². The lowest BCUT2D eigenvalue weighted by Gasteiger charge is -2.72. The molecule has 0 unspecified atom stereocenters. The van der Waals surface area contributed by atoms with E-state index in [0.29, 0.717) is 22.7 Å². The van der Waals surface area contributed by atoms with Crippen LogP contribution >= 0.6 is 0 Å². The first-order valence-electron chi connectivity index (χ1n) is 14.7. The Hall–Kier alpha value is -0.870. The third kappa shape index (κ3) is 3.48. The number of ether oxygens (including phenoxy) is 1. The molecule has 0 bridgehead atoms. The van der Waals surface area contributed by atoms with Gasteiger partial charge >= 0.3 is 5.97 Å². The summed E-state index contributed by atoms with van der Waals surface area (Å²) in [6.45, 7) is 21.2. The summed E-state index contributed by atoms with van der Waals surface area (Å²) >= 11 is 0. The standard InChI is InChI=1S/C32H52O4/c1-20(33)35-25-11-12-30(7)24(28(25,4)5)10-13-32(9)26(30)23(36-34)18-21-22-19-27(2,3)14-15-29(22,6)16-17-31(21,32)8/h18,22-26,34H,10-17,19H2,1-9H3/t22-,23+,24-,25-,26+,29+,30-,31+,32+/m0/s1. The average molecular weight is 501 g/mol. The highest BCUT2D eigenvalue weighted by Gasteiger charge is 2.70. The SMILES string of the molecule is CC(=O)O[C@H]1CC[C@]2(C)[C@H]3[C@H](OO)C=C4[C@@H]5CC(C)(C)CC[C@]5(C)CC[C@@]4(C)[C@]3(C)CC[C@H]2C1(C)C. The molecule has 4 heteroatoms. The van der Waals surface area contributed by atoms with Gasteiger partial charge in [-0.2, -0.15) is 0 Å². The fourth-order valence-corrected chi connectivity index (χ4v) is 11.1. The van der Waals surface area contributed by atoms with E-state index in [9.17, 15) is 10.1 Å². The second-order valence-corrected chi connectivity index (χ2v) is 16.0. The predicted molar refractivity (Wildman–Crippen MR) is 143 cm³/mol. The van der Waals surface area contributed by atoms with E-state index in [2.05, 4.69) is 61.5 Å². The average Bonchev–Trinajstić information content (AvgIpc) is 2.77. The first-order valence-corrected chi connectivity index (χ1v) is 14.7. The van der Waals surface area contributed by atoms with Crippen molar-refractivity contribution in [3.63, 3.8) is 0 Å². The van der Waals surface area contributed by atoms with E-state index in [1.807, 2.05) is 0 Å². The lowest BCUT2D eigenvalue weighted by molar-refractivity contribution is -0.322. The van der Waals surface area contributed by atoms with Crippen LogP contribution in [0.3, 0.4) is 0 Å². The number of fused-ring (bicyclic) bond motifs is 7. The van der Waals surface area contributed by atoms with Crippen LogP contribution in [0.1, 0.15) is 120 Å². The van der Waals surface area contributed by atoms with Gasteiger partial charge in [0.2, 0.25) is 0 Å². The summed E-state index contributed by atoms with van der Waals surface area (Å²) in [5, 5.41) is 10.5. The Labute approximate surface area is 219 Å². The molecule has 4 saturated carbocycles. The zero-order valence-electron chi connectivity index (χ0n) is 24.5. The van der Waals surface area contributed by atoms with Crippen LogP contribution in [0.25, 0.3) is 0 Å². The lowest BCUT2D eigenvalue weighted by Crippen LogP contribution is -2.67. The fraction of sp³-hybridized carbons (Fsp3) is 0.906. The van der Waals surface area contributed by atoms with Crippen LogP contribution in [0, 0.1) is 50.2 Å². The Morgan fingerprint density at radius 3 is 2.22 bits per heavy atom. The second-order valence-electron chi connectivity index (χ2n) is 16.0. The molecular formula is C32H52O4. The number of carbonyl (C=O) groups is 1. The van der Waals surface area contributed by atoms with Crippen molar-refractivity contribution in [1.29, 1.82) is 0 Å². The monoisotopic (exact) mass is 500 g/mol. The van der Waals surface area contributed by atoms with Gasteiger partial charge in [0.25, 0.3) is 0 Å². The van der Waals surface area contributed by atoms with E-state index in [-0.39, 0.29) is 45.8 Å². The fourth-order valence-electron chi connectivity index (χ4n) is 11.1. The first kappa shape index (κ1) is 26.7. The topological polar surface area (TPSA) is 55.8 Å². The van der Waals surface area contributed by atoms with Crippen molar-refractivity contribution in [2.75, 3.05) is 0 Å². The highest BCUT2D eigenvalue weighted by Crippen LogP contribution is 2.76. The van der Waals surface area contributed by atoms with Crippen LogP contribution in [0.15, 0.2) is 11.6 Å². The largest absolute Gasteiger partial charge is 0.462 e. The van der Waals surface area contributed by atoms with E-state index >= 15 is 0 Å². The second kappa shape index (κ2) is 8.07. The molecule has 5 aliphatic rings. The number of hydrogen-bond donors (Lipinski definition) is 1. The van der Waals surface area contributed by atoms with Crippen LogP contribution in [-0.4, -0.2) is 23.4 Å². The zero-order chi connectivity index (χ0) is 26.5. The van der Waals surface area contributed by atoms with E-state index < -0.39 is 0 Å². The maximum absolute atomic E-state index is 11.9. The van der Waals surface area contributed by atoms with Crippen LogP contribution in [0.4, 0.5) is 0 Å². The van der Waals surface area contributed by atoms with Crippen molar-refractivity contribution < 1.29 is 19.7 Å². The maximum Gasteiger partial charge on any atom is 0.302 e. The first-order chi connectivity index (χ1) is 16.5. The van der Waals surface area contributed by atoms with E-state index in [0.717, 1.165) is 25.7 Å². The Kier molecular flexibility index (Phi) is 5.99. The van der Waals surface area contributed by atoms with Gasteiger partial charge in [0.05, 0.1) is 0 Å².